The van der Waals surface area contributed by atoms with Crippen LogP contribution in [0.4, 0.5) is 5.69 Å². The third-order valence-electron chi connectivity index (χ3n) is 3.06. The summed E-state index contributed by atoms with van der Waals surface area (Å²) < 4.78 is 0. The monoisotopic (exact) mass is 281 g/mol. The molecule has 110 valence electrons. The first kappa shape index (κ1) is 16.1. The van der Waals surface area contributed by atoms with Crippen molar-refractivity contribution in [1.29, 1.82) is 0 Å². The summed E-state index contributed by atoms with van der Waals surface area (Å²) in [6, 6.07) is 4.30. The molecule has 0 aliphatic heterocycles. The predicted molar refractivity (Wildman–Crippen MR) is 74.9 cm³/mol. The van der Waals surface area contributed by atoms with Gasteiger partial charge in [0.25, 0.3) is 5.69 Å². The number of benzene rings is 1. The van der Waals surface area contributed by atoms with Gasteiger partial charge >= 0.3 is 5.97 Å². The predicted octanol–water partition coefficient (Wildman–Crippen LogP) is 1.33. The number of nitro benzene ring substituents is 1. The molecule has 1 aromatic carbocycles. The second-order valence-corrected chi connectivity index (χ2v) is 4.45. The molecule has 1 rings (SSSR count). The summed E-state index contributed by atoms with van der Waals surface area (Å²) in [5.74, 6) is -1.28. The van der Waals surface area contributed by atoms with Gasteiger partial charge in [0, 0.05) is 25.7 Å². The number of nitrogens with zero attached hydrogens (tertiary/aromatic N) is 2. The van der Waals surface area contributed by atoms with Crippen molar-refractivity contribution in [3.05, 3.63) is 39.4 Å². The molecule has 0 unspecified atom stereocenters. The van der Waals surface area contributed by atoms with Crippen LogP contribution < -0.4 is 5.32 Å². The largest absolute Gasteiger partial charge is 0.477 e. The topological polar surface area (TPSA) is 95.7 Å². The number of hydrogen-bond acceptors (Lipinski definition) is 5. The Bertz CT molecular complexity index is 491. The van der Waals surface area contributed by atoms with E-state index in [1.165, 1.54) is 12.1 Å². The summed E-state index contributed by atoms with van der Waals surface area (Å²) in [6.07, 6.45) is 0. The maximum absolute atomic E-state index is 11.2. The van der Waals surface area contributed by atoms with Crippen LogP contribution in [0.3, 0.4) is 0 Å². The van der Waals surface area contributed by atoms with Crippen LogP contribution in [0.2, 0.25) is 0 Å². The minimum absolute atomic E-state index is 0.242. The van der Waals surface area contributed by atoms with Crippen molar-refractivity contribution in [3.8, 4) is 0 Å². The van der Waals surface area contributed by atoms with Crippen molar-refractivity contribution in [3.63, 3.8) is 0 Å². The van der Waals surface area contributed by atoms with Gasteiger partial charge in [0.15, 0.2) is 0 Å². The van der Waals surface area contributed by atoms with E-state index in [0.717, 1.165) is 13.1 Å². The van der Waals surface area contributed by atoms with Crippen molar-refractivity contribution in [2.75, 3.05) is 26.7 Å². The lowest BCUT2D eigenvalue weighted by Gasteiger charge is -2.14. The molecule has 0 fully saturated rings. The zero-order chi connectivity index (χ0) is 15.1. The van der Waals surface area contributed by atoms with Crippen LogP contribution in [0.1, 0.15) is 22.8 Å². The molecule has 2 N–H and O–H groups in total. The number of carbonyl (C=O) groups is 1. The van der Waals surface area contributed by atoms with E-state index in [2.05, 4.69) is 10.2 Å². The van der Waals surface area contributed by atoms with Crippen molar-refractivity contribution in [2.45, 2.75) is 13.5 Å². The Hall–Kier alpha value is -1.99. The van der Waals surface area contributed by atoms with Crippen LogP contribution in [-0.2, 0) is 6.54 Å². The fourth-order valence-electron chi connectivity index (χ4n) is 1.78. The second-order valence-electron chi connectivity index (χ2n) is 4.45. The smallest absolute Gasteiger partial charge is 0.343 e. The van der Waals surface area contributed by atoms with E-state index >= 15 is 0 Å². The Kier molecular flexibility index (Phi) is 6.08. The highest BCUT2D eigenvalue weighted by molar-refractivity contribution is 5.94. The molecule has 0 spiro atoms. The number of likely N-dealkylation sites (N-methyl/N-ethyl adjacent to an activating group) is 1. The molecule has 0 aromatic heterocycles. The van der Waals surface area contributed by atoms with Gasteiger partial charge in [-0.05, 0) is 19.2 Å². The molecule has 7 heteroatoms. The number of aromatic carboxylic acids is 1. The fraction of sp³-hybridized carbons (Fsp3) is 0.462. The molecule has 0 saturated carbocycles. The normalized spacial score (nSPS) is 10.8. The van der Waals surface area contributed by atoms with E-state index in [1.807, 2.05) is 14.0 Å². The van der Waals surface area contributed by atoms with Gasteiger partial charge in [0.2, 0.25) is 0 Å². The molecule has 0 aliphatic carbocycles. The van der Waals surface area contributed by atoms with Crippen molar-refractivity contribution >= 4 is 11.7 Å². The van der Waals surface area contributed by atoms with Crippen molar-refractivity contribution in [1.82, 2.24) is 10.2 Å². The minimum atomic E-state index is -1.28. The molecule has 20 heavy (non-hydrogen) atoms. The van der Waals surface area contributed by atoms with E-state index < -0.39 is 10.9 Å². The van der Waals surface area contributed by atoms with E-state index in [-0.39, 0.29) is 11.3 Å². The first-order chi connectivity index (χ1) is 9.47. The van der Waals surface area contributed by atoms with Gasteiger partial charge in [-0.3, -0.25) is 10.1 Å². The molecule has 0 heterocycles. The molecule has 0 radical (unpaired) electrons. The standard InChI is InChI=1S/C13H19N3O4/c1-3-15(2)8-7-14-9-10-5-4-6-11(16(19)20)12(10)13(17)18/h4-6,14H,3,7-9H2,1-2H3,(H,17,18). The van der Waals surface area contributed by atoms with Crippen LogP contribution in [-0.4, -0.2) is 47.6 Å². The van der Waals surface area contributed by atoms with Gasteiger partial charge in [-0.2, -0.15) is 0 Å². The summed E-state index contributed by atoms with van der Waals surface area (Å²) in [6.45, 7) is 4.78. The molecule has 1 aromatic rings. The van der Waals surface area contributed by atoms with Crippen LogP contribution in [0.5, 0.6) is 0 Å². The average molecular weight is 281 g/mol. The third kappa shape index (κ3) is 4.29. The Labute approximate surface area is 117 Å². The number of nitrogens with one attached hydrogen (secondary N) is 1. The summed E-state index contributed by atoms with van der Waals surface area (Å²) in [7, 11) is 1.98. The summed E-state index contributed by atoms with van der Waals surface area (Å²) in [5.41, 5.74) is -0.192. The third-order valence-corrected chi connectivity index (χ3v) is 3.06. The quantitative estimate of drug-likeness (QED) is 0.424. The van der Waals surface area contributed by atoms with E-state index in [9.17, 15) is 14.9 Å². The van der Waals surface area contributed by atoms with Gasteiger partial charge in [-0.15, -0.1) is 0 Å². The van der Waals surface area contributed by atoms with Crippen LogP contribution in [0.15, 0.2) is 18.2 Å². The number of rotatable bonds is 8. The highest BCUT2D eigenvalue weighted by Crippen LogP contribution is 2.22. The number of nitro groups is 1. The van der Waals surface area contributed by atoms with Gasteiger partial charge in [-0.25, -0.2) is 4.79 Å². The molecule has 7 nitrogen and oxygen atoms in total. The SMILES string of the molecule is CCN(C)CCNCc1cccc([N+](=O)[O-])c1C(=O)O. The minimum Gasteiger partial charge on any atom is -0.477 e. The highest BCUT2D eigenvalue weighted by Gasteiger charge is 2.22. The van der Waals surface area contributed by atoms with Gasteiger partial charge in [0.05, 0.1) is 4.92 Å². The zero-order valence-corrected chi connectivity index (χ0v) is 11.6. The maximum Gasteiger partial charge on any atom is 0.343 e. The van der Waals surface area contributed by atoms with Crippen LogP contribution in [0.25, 0.3) is 0 Å². The van der Waals surface area contributed by atoms with E-state index in [1.54, 1.807) is 6.07 Å². The van der Waals surface area contributed by atoms with Crippen LogP contribution in [0, 0.1) is 10.1 Å². The first-order valence-corrected chi connectivity index (χ1v) is 6.36. The zero-order valence-electron chi connectivity index (χ0n) is 11.6. The molecule has 0 amide bonds. The van der Waals surface area contributed by atoms with Gasteiger partial charge in [0.1, 0.15) is 5.56 Å². The molecular weight excluding hydrogens is 262 g/mol. The number of hydrogen-bond donors (Lipinski definition) is 2. The summed E-state index contributed by atoms with van der Waals surface area (Å²) in [5, 5.41) is 23.1. The Morgan fingerprint density at radius 3 is 2.75 bits per heavy atom. The molecule has 0 saturated heterocycles. The van der Waals surface area contributed by atoms with E-state index in [0.29, 0.717) is 18.7 Å². The van der Waals surface area contributed by atoms with Crippen molar-refractivity contribution < 1.29 is 14.8 Å². The lowest BCUT2D eigenvalue weighted by Crippen LogP contribution is -2.29. The van der Waals surface area contributed by atoms with E-state index in [4.69, 9.17) is 5.11 Å². The Balaban J connectivity index is 2.77. The molecule has 0 aliphatic rings. The Morgan fingerprint density at radius 1 is 1.50 bits per heavy atom. The summed E-state index contributed by atoms with van der Waals surface area (Å²) in [4.78, 5) is 23.5. The van der Waals surface area contributed by atoms with Crippen LogP contribution >= 0.6 is 0 Å². The van der Waals surface area contributed by atoms with Gasteiger partial charge < -0.3 is 15.3 Å². The second kappa shape index (κ2) is 7.56. The molecule has 0 atom stereocenters. The number of carboxylic acid groups (broad SMARTS) is 1. The first-order valence-electron chi connectivity index (χ1n) is 6.36. The van der Waals surface area contributed by atoms with Gasteiger partial charge in [-0.1, -0.05) is 19.1 Å². The molecular formula is C13H19N3O4. The fourth-order valence-corrected chi connectivity index (χ4v) is 1.78. The molecule has 0 bridgehead atoms. The van der Waals surface area contributed by atoms with Crippen molar-refractivity contribution in [2.24, 2.45) is 0 Å². The maximum atomic E-state index is 11.2. The number of carboxylic acids is 1. The highest BCUT2D eigenvalue weighted by atomic mass is 16.6. The summed E-state index contributed by atoms with van der Waals surface area (Å²) >= 11 is 0. The lowest BCUT2D eigenvalue weighted by atomic mass is 10.1. The Morgan fingerprint density at radius 2 is 2.20 bits per heavy atom. The average Bonchev–Trinajstić information content (AvgIpc) is 2.42. The lowest BCUT2D eigenvalue weighted by molar-refractivity contribution is -0.385.